The molecule has 0 atom stereocenters. The highest BCUT2D eigenvalue weighted by Gasteiger charge is 2.16. The second kappa shape index (κ2) is 3.47. The fourth-order valence-electron chi connectivity index (χ4n) is 1.11. The molecule has 7 heteroatoms. The van der Waals surface area contributed by atoms with Gasteiger partial charge in [0.05, 0.1) is 5.56 Å². The minimum absolute atomic E-state index is 0.0837. The zero-order chi connectivity index (χ0) is 11.0. The summed E-state index contributed by atoms with van der Waals surface area (Å²) in [6, 6.07) is 1.82. The van der Waals surface area contributed by atoms with Gasteiger partial charge in [-0.3, -0.25) is 9.51 Å². The zero-order valence-electron chi connectivity index (χ0n) is 7.05. The molecular weight excluding hydrogens is 230 g/mol. The largest absolute Gasteiger partial charge is 0.439 e. The van der Waals surface area contributed by atoms with Crippen LogP contribution in [0.4, 0.5) is 8.78 Å². The molecule has 0 amide bonds. The first-order valence-electron chi connectivity index (χ1n) is 3.79. The number of aromatic amines is 1. The predicted molar refractivity (Wildman–Crippen MR) is 47.5 cm³/mol. The Morgan fingerprint density at radius 1 is 1.33 bits per heavy atom. The molecule has 15 heavy (non-hydrogen) atoms. The number of benzene rings is 1. The third-order valence-corrected chi connectivity index (χ3v) is 1.90. The monoisotopic (exact) mass is 232 g/mol. The molecule has 2 aromatic rings. The Hall–Kier alpha value is -1.69. The van der Waals surface area contributed by atoms with Gasteiger partial charge >= 0.3 is 5.76 Å². The Morgan fingerprint density at radius 3 is 2.40 bits per heavy atom. The summed E-state index contributed by atoms with van der Waals surface area (Å²) < 4.78 is 30.7. The van der Waals surface area contributed by atoms with Crippen LogP contribution in [-0.4, -0.2) is 10.1 Å². The van der Waals surface area contributed by atoms with E-state index >= 15 is 0 Å². The van der Waals surface area contributed by atoms with Crippen molar-refractivity contribution >= 4 is 11.6 Å². The molecule has 4 nitrogen and oxygen atoms in total. The van der Waals surface area contributed by atoms with Crippen molar-refractivity contribution in [3.8, 4) is 11.4 Å². The van der Waals surface area contributed by atoms with Crippen LogP contribution in [-0.2, 0) is 0 Å². The normalized spacial score (nSPS) is 10.6. The van der Waals surface area contributed by atoms with Crippen LogP contribution >= 0.6 is 11.6 Å². The number of nitrogens with zero attached hydrogens (tertiary/aromatic N) is 1. The number of nitrogens with one attached hydrogen (secondary N) is 1. The Morgan fingerprint density at radius 2 is 1.93 bits per heavy atom. The fraction of sp³-hybridized carbons (Fsp3) is 0. The average molecular weight is 233 g/mol. The van der Waals surface area contributed by atoms with E-state index in [9.17, 15) is 13.6 Å². The molecule has 0 saturated heterocycles. The van der Waals surface area contributed by atoms with Gasteiger partial charge in [-0.05, 0) is 12.1 Å². The van der Waals surface area contributed by atoms with Gasteiger partial charge < -0.3 is 0 Å². The molecule has 0 aliphatic carbocycles. The van der Waals surface area contributed by atoms with Crippen LogP contribution in [0.15, 0.2) is 21.5 Å². The first kappa shape index (κ1) is 9.85. The molecule has 0 spiro atoms. The van der Waals surface area contributed by atoms with Crippen molar-refractivity contribution in [1.82, 2.24) is 10.1 Å². The highest BCUT2D eigenvalue weighted by atomic mass is 35.5. The van der Waals surface area contributed by atoms with Crippen molar-refractivity contribution in [2.45, 2.75) is 0 Å². The van der Waals surface area contributed by atoms with E-state index in [0.29, 0.717) is 0 Å². The summed E-state index contributed by atoms with van der Waals surface area (Å²) >= 11 is 5.42. The number of rotatable bonds is 1. The molecule has 1 aromatic carbocycles. The molecule has 0 saturated carbocycles. The molecule has 1 heterocycles. The predicted octanol–water partition coefficient (Wildman–Crippen LogP) is 1.96. The summed E-state index contributed by atoms with van der Waals surface area (Å²) in [6.07, 6.45) is 0. The van der Waals surface area contributed by atoms with Crippen LogP contribution in [0.1, 0.15) is 0 Å². The Labute approximate surface area is 86.5 Å². The van der Waals surface area contributed by atoms with Gasteiger partial charge in [0.2, 0.25) is 0 Å². The molecule has 0 fully saturated rings. The van der Waals surface area contributed by atoms with Crippen LogP contribution in [0, 0.1) is 11.6 Å². The van der Waals surface area contributed by atoms with E-state index in [1.807, 2.05) is 4.98 Å². The minimum Gasteiger partial charge on any atom is -0.296 e. The maximum Gasteiger partial charge on any atom is 0.439 e. The first-order valence-corrected chi connectivity index (χ1v) is 4.16. The van der Waals surface area contributed by atoms with Gasteiger partial charge in [0.25, 0.3) is 0 Å². The highest BCUT2D eigenvalue weighted by Crippen LogP contribution is 2.25. The third kappa shape index (κ3) is 1.75. The maximum absolute atomic E-state index is 13.3. The topological polar surface area (TPSA) is 58.9 Å². The van der Waals surface area contributed by atoms with E-state index in [2.05, 4.69) is 9.68 Å². The van der Waals surface area contributed by atoms with Crippen molar-refractivity contribution in [2.75, 3.05) is 0 Å². The Kier molecular flexibility index (Phi) is 2.28. The number of halogens is 3. The van der Waals surface area contributed by atoms with Crippen molar-refractivity contribution < 1.29 is 13.3 Å². The summed E-state index contributed by atoms with van der Waals surface area (Å²) in [4.78, 5) is 12.6. The van der Waals surface area contributed by atoms with E-state index in [4.69, 9.17) is 11.6 Å². The van der Waals surface area contributed by atoms with Crippen LogP contribution in [0.2, 0.25) is 5.02 Å². The standard InChI is InChI=1S/C8H3ClF2N2O2/c9-3-1-4(10)6(5(11)2-3)7-12-8(14)15-13-7/h1-2H,(H,12,13,14). The molecule has 0 bridgehead atoms. The number of hydrogen-bond acceptors (Lipinski definition) is 3. The van der Waals surface area contributed by atoms with E-state index in [1.54, 1.807) is 0 Å². The lowest BCUT2D eigenvalue weighted by Gasteiger charge is -2.00. The summed E-state index contributed by atoms with van der Waals surface area (Å²) in [5.74, 6) is -3.06. The fourth-order valence-corrected chi connectivity index (χ4v) is 1.30. The van der Waals surface area contributed by atoms with Gasteiger partial charge in [-0.2, -0.15) is 0 Å². The van der Waals surface area contributed by atoms with Gasteiger partial charge in [-0.1, -0.05) is 16.8 Å². The quantitative estimate of drug-likeness (QED) is 0.818. The summed E-state index contributed by atoms with van der Waals surface area (Å²) in [7, 11) is 0. The van der Waals surface area contributed by atoms with E-state index in [0.717, 1.165) is 12.1 Å². The summed E-state index contributed by atoms with van der Waals surface area (Å²) in [6.45, 7) is 0. The van der Waals surface area contributed by atoms with E-state index in [-0.39, 0.29) is 10.8 Å². The molecule has 1 aromatic heterocycles. The number of hydrogen-bond donors (Lipinski definition) is 1. The molecule has 2 rings (SSSR count). The second-order valence-corrected chi connectivity index (χ2v) is 3.12. The minimum atomic E-state index is -0.926. The van der Waals surface area contributed by atoms with E-state index < -0.39 is 23.0 Å². The smallest absolute Gasteiger partial charge is 0.296 e. The van der Waals surface area contributed by atoms with Gasteiger partial charge in [0, 0.05) is 5.02 Å². The average Bonchev–Trinajstić information content (AvgIpc) is 2.49. The maximum atomic E-state index is 13.3. The molecule has 0 aliphatic rings. The SMILES string of the molecule is O=c1[nH]c(-c2c(F)cc(Cl)cc2F)no1. The lowest BCUT2D eigenvalue weighted by Crippen LogP contribution is -1.97. The van der Waals surface area contributed by atoms with Crippen molar-refractivity contribution in [3.63, 3.8) is 0 Å². The van der Waals surface area contributed by atoms with Gasteiger partial charge in [0.15, 0.2) is 5.82 Å². The Balaban J connectivity index is 2.67. The zero-order valence-corrected chi connectivity index (χ0v) is 7.81. The molecule has 78 valence electrons. The van der Waals surface area contributed by atoms with Crippen molar-refractivity contribution in [3.05, 3.63) is 39.3 Å². The summed E-state index contributed by atoms with van der Waals surface area (Å²) in [5.41, 5.74) is -0.481. The summed E-state index contributed by atoms with van der Waals surface area (Å²) in [5, 5.41) is 3.09. The molecule has 1 N–H and O–H groups in total. The highest BCUT2D eigenvalue weighted by molar-refractivity contribution is 6.30. The number of aromatic nitrogens is 2. The lowest BCUT2D eigenvalue weighted by molar-refractivity contribution is 0.387. The van der Waals surface area contributed by atoms with Crippen LogP contribution in [0.3, 0.4) is 0 Å². The van der Waals surface area contributed by atoms with Crippen LogP contribution in [0.25, 0.3) is 11.4 Å². The first-order chi connectivity index (χ1) is 7.08. The molecule has 0 aliphatic heterocycles. The van der Waals surface area contributed by atoms with Gasteiger partial charge in [-0.25, -0.2) is 13.6 Å². The van der Waals surface area contributed by atoms with Crippen LogP contribution < -0.4 is 5.76 Å². The molecule has 0 unspecified atom stereocenters. The van der Waals surface area contributed by atoms with Gasteiger partial charge in [-0.15, -0.1) is 0 Å². The number of H-pyrrole nitrogens is 1. The molecular formula is C8H3ClF2N2O2. The Bertz CT molecular complexity index is 541. The van der Waals surface area contributed by atoms with Crippen molar-refractivity contribution in [2.24, 2.45) is 0 Å². The van der Waals surface area contributed by atoms with Crippen LogP contribution in [0.5, 0.6) is 0 Å². The third-order valence-electron chi connectivity index (χ3n) is 1.68. The molecule has 0 radical (unpaired) electrons. The van der Waals surface area contributed by atoms with E-state index in [1.165, 1.54) is 0 Å². The lowest BCUT2D eigenvalue weighted by atomic mass is 10.2. The second-order valence-electron chi connectivity index (χ2n) is 2.69. The van der Waals surface area contributed by atoms with Crippen molar-refractivity contribution in [1.29, 1.82) is 0 Å². The van der Waals surface area contributed by atoms with Gasteiger partial charge in [0.1, 0.15) is 11.6 Å².